The SMILES string of the molecule is CC(CCS)CCOc1c(Br)cc(Br)cc1Br. The standard InChI is InChI=1S/C12H15Br3OS/c1-8(3-5-17)2-4-16-12-10(14)6-9(13)7-11(12)15/h6-8,17H,2-5H2,1H3. The maximum Gasteiger partial charge on any atom is 0.147 e. The van der Waals surface area contributed by atoms with E-state index in [2.05, 4.69) is 67.3 Å². The van der Waals surface area contributed by atoms with E-state index in [9.17, 15) is 0 Å². The Morgan fingerprint density at radius 3 is 2.29 bits per heavy atom. The zero-order chi connectivity index (χ0) is 12.8. The van der Waals surface area contributed by atoms with Crippen LogP contribution in [0, 0.1) is 5.92 Å². The lowest BCUT2D eigenvalue weighted by atomic mass is 10.1. The Kier molecular flexibility index (Phi) is 7.54. The Labute approximate surface area is 133 Å². The van der Waals surface area contributed by atoms with Gasteiger partial charge in [-0.3, -0.25) is 0 Å². The van der Waals surface area contributed by atoms with Crippen molar-refractivity contribution in [1.82, 2.24) is 0 Å². The van der Waals surface area contributed by atoms with Crippen LogP contribution in [0.15, 0.2) is 25.6 Å². The van der Waals surface area contributed by atoms with Gasteiger partial charge in [-0.2, -0.15) is 12.6 Å². The molecule has 5 heteroatoms. The first-order valence-corrected chi connectivity index (χ1v) is 8.44. The fourth-order valence-corrected chi connectivity index (χ4v) is 4.32. The Hall–Kier alpha value is 0.810. The lowest BCUT2D eigenvalue weighted by Gasteiger charge is -2.13. The molecule has 1 atom stereocenters. The van der Waals surface area contributed by atoms with Gasteiger partial charge in [-0.05, 0) is 68.5 Å². The van der Waals surface area contributed by atoms with Gasteiger partial charge in [0.1, 0.15) is 5.75 Å². The molecule has 0 bridgehead atoms. The zero-order valence-electron chi connectivity index (χ0n) is 9.55. The van der Waals surface area contributed by atoms with E-state index in [4.69, 9.17) is 4.74 Å². The minimum atomic E-state index is 0.653. The van der Waals surface area contributed by atoms with Crippen LogP contribution in [0.3, 0.4) is 0 Å². The molecule has 0 heterocycles. The topological polar surface area (TPSA) is 9.23 Å². The largest absolute Gasteiger partial charge is 0.491 e. The fraction of sp³-hybridized carbons (Fsp3) is 0.500. The van der Waals surface area contributed by atoms with Crippen LogP contribution in [0.25, 0.3) is 0 Å². The lowest BCUT2D eigenvalue weighted by Crippen LogP contribution is -2.05. The molecule has 0 aliphatic rings. The van der Waals surface area contributed by atoms with Crippen molar-refractivity contribution in [3.63, 3.8) is 0 Å². The number of benzene rings is 1. The van der Waals surface area contributed by atoms with Crippen molar-refractivity contribution in [2.75, 3.05) is 12.4 Å². The summed E-state index contributed by atoms with van der Waals surface area (Å²) in [6.07, 6.45) is 2.19. The van der Waals surface area contributed by atoms with Crippen molar-refractivity contribution in [3.8, 4) is 5.75 Å². The van der Waals surface area contributed by atoms with Crippen LogP contribution in [-0.4, -0.2) is 12.4 Å². The second-order valence-electron chi connectivity index (χ2n) is 3.95. The van der Waals surface area contributed by atoms with E-state index in [0.717, 1.165) is 44.4 Å². The molecule has 0 aliphatic carbocycles. The Morgan fingerprint density at radius 1 is 1.18 bits per heavy atom. The smallest absolute Gasteiger partial charge is 0.147 e. The summed E-state index contributed by atoms with van der Waals surface area (Å²) in [5.41, 5.74) is 0. The highest BCUT2D eigenvalue weighted by atomic mass is 79.9. The van der Waals surface area contributed by atoms with Gasteiger partial charge in [0.2, 0.25) is 0 Å². The van der Waals surface area contributed by atoms with Gasteiger partial charge in [0, 0.05) is 4.47 Å². The van der Waals surface area contributed by atoms with Crippen molar-refractivity contribution in [2.24, 2.45) is 5.92 Å². The molecule has 0 fully saturated rings. The highest BCUT2D eigenvalue weighted by molar-refractivity contribution is 9.11. The molecule has 1 aromatic rings. The second-order valence-corrected chi connectivity index (χ2v) is 7.02. The van der Waals surface area contributed by atoms with Crippen molar-refractivity contribution >= 4 is 60.4 Å². The van der Waals surface area contributed by atoms with Gasteiger partial charge < -0.3 is 4.74 Å². The highest BCUT2D eigenvalue weighted by Crippen LogP contribution is 2.36. The van der Waals surface area contributed by atoms with Crippen LogP contribution in [0.5, 0.6) is 5.75 Å². The van der Waals surface area contributed by atoms with Crippen molar-refractivity contribution in [3.05, 3.63) is 25.6 Å². The molecular formula is C12H15Br3OS. The van der Waals surface area contributed by atoms with Gasteiger partial charge in [0.05, 0.1) is 15.6 Å². The van der Waals surface area contributed by atoms with Crippen molar-refractivity contribution < 1.29 is 4.74 Å². The number of hydrogen-bond acceptors (Lipinski definition) is 2. The third-order valence-corrected chi connectivity index (χ3v) is 4.34. The van der Waals surface area contributed by atoms with Crippen LogP contribution < -0.4 is 4.74 Å². The Bertz CT molecular complexity index is 348. The predicted molar refractivity (Wildman–Crippen MR) is 87.3 cm³/mol. The first kappa shape index (κ1) is 15.9. The summed E-state index contributed by atoms with van der Waals surface area (Å²) in [6.45, 7) is 2.96. The lowest BCUT2D eigenvalue weighted by molar-refractivity contribution is 0.279. The maximum absolute atomic E-state index is 5.80. The molecule has 0 saturated carbocycles. The number of rotatable bonds is 6. The molecule has 17 heavy (non-hydrogen) atoms. The monoisotopic (exact) mass is 444 g/mol. The molecule has 0 saturated heterocycles. The summed E-state index contributed by atoms with van der Waals surface area (Å²) in [7, 11) is 0. The maximum atomic E-state index is 5.80. The number of halogens is 3. The number of hydrogen-bond donors (Lipinski definition) is 1. The van der Waals surface area contributed by atoms with E-state index in [1.54, 1.807) is 0 Å². The van der Waals surface area contributed by atoms with Gasteiger partial charge in [0.15, 0.2) is 0 Å². The number of thiol groups is 1. The normalized spacial score (nSPS) is 12.5. The summed E-state index contributed by atoms with van der Waals surface area (Å²) in [5, 5.41) is 0. The van der Waals surface area contributed by atoms with Crippen LogP contribution in [0.1, 0.15) is 19.8 Å². The first-order valence-electron chi connectivity index (χ1n) is 5.42. The molecular weight excluding hydrogens is 432 g/mol. The summed E-state index contributed by atoms with van der Waals surface area (Å²) in [4.78, 5) is 0. The second kappa shape index (κ2) is 8.08. The average Bonchev–Trinajstić information content (AvgIpc) is 2.22. The Balaban J connectivity index is 2.52. The quantitative estimate of drug-likeness (QED) is 0.551. The van der Waals surface area contributed by atoms with E-state index in [1.165, 1.54) is 0 Å². The summed E-state index contributed by atoms with van der Waals surface area (Å²) in [6, 6.07) is 3.97. The van der Waals surface area contributed by atoms with E-state index >= 15 is 0 Å². The van der Waals surface area contributed by atoms with E-state index in [-0.39, 0.29) is 0 Å². The molecule has 0 radical (unpaired) electrons. The Morgan fingerprint density at radius 2 is 1.76 bits per heavy atom. The highest BCUT2D eigenvalue weighted by Gasteiger charge is 2.09. The van der Waals surface area contributed by atoms with E-state index < -0.39 is 0 Å². The van der Waals surface area contributed by atoms with Gasteiger partial charge in [-0.1, -0.05) is 22.9 Å². The molecule has 96 valence electrons. The zero-order valence-corrected chi connectivity index (χ0v) is 15.2. The van der Waals surface area contributed by atoms with Gasteiger partial charge in [0.25, 0.3) is 0 Å². The molecule has 1 nitrogen and oxygen atoms in total. The van der Waals surface area contributed by atoms with Crippen LogP contribution in [0.2, 0.25) is 0 Å². The molecule has 1 rings (SSSR count). The third-order valence-electron chi connectivity index (χ3n) is 2.44. The van der Waals surface area contributed by atoms with E-state index in [1.807, 2.05) is 12.1 Å². The van der Waals surface area contributed by atoms with Crippen molar-refractivity contribution in [2.45, 2.75) is 19.8 Å². The van der Waals surface area contributed by atoms with Crippen molar-refractivity contribution in [1.29, 1.82) is 0 Å². The fourth-order valence-electron chi connectivity index (χ4n) is 1.39. The summed E-state index contributed by atoms with van der Waals surface area (Å²) < 4.78 is 8.74. The third kappa shape index (κ3) is 5.53. The minimum absolute atomic E-state index is 0.653. The van der Waals surface area contributed by atoms with Crippen LogP contribution in [0.4, 0.5) is 0 Å². The van der Waals surface area contributed by atoms with Gasteiger partial charge in [-0.15, -0.1) is 0 Å². The molecule has 0 aromatic heterocycles. The molecule has 1 aromatic carbocycles. The molecule has 0 aliphatic heterocycles. The van der Waals surface area contributed by atoms with Crippen LogP contribution in [-0.2, 0) is 0 Å². The molecule has 0 N–H and O–H groups in total. The summed E-state index contributed by atoms with van der Waals surface area (Å²) in [5.74, 6) is 2.46. The average molecular weight is 447 g/mol. The summed E-state index contributed by atoms with van der Waals surface area (Å²) >= 11 is 14.7. The molecule has 1 unspecified atom stereocenters. The van der Waals surface area contributed by atoms with Gasteiger partial charge >= 0.3 is 0 Å². The molecule has 0 spiro atoms. The first-order chi connectivity index (χ1) is 8.04. The van der Waals surface area contributed by atoms with Gasteiger partial charge in [-0.25, -0.2) is 0 Å². The van der Waals surface area contributed by atoms with E-state index in [0.29, 0.717) is 5.92 Å². The predicted octanol–water partition coefficient (Wildman–Crippen LogP) is 5.70. The minimum Gasteiger partial charge on any atom is -0.491 e. The number of ether oxygens (including phenoxy) is 1. The van der Waals surface area contributed by atoms with Crippen LogP contribution >= 0.6 is 60.4 Å². The molecule has 0 amide bonds.